The highest BCUT2D eigenvalue weighted by Crippen LogP contribution is 2.24. The average molecular weight is 213 g/mol. The lowest BCUT2D eigenvalue weighted by Crippen LogP contribution is -2.22. The molecule has 0 fully saturated rings. The topological polar surface area (TPSA) is 84.3 Å². The van der Waals surface area contributed by atoms with Crippen LogP contribution in [0.15, 0.2) is 0 Å². The van der Waals surface area contributed by atoms with E-state index in [1.54, 1.807) is 4.68 Å². The molecule has 2 unspecified atom stereocenters. The van der Waals surface area contributed by atoms with Crippen molar-refractivity contribution in [1.82, 2.24) is 9.78 Å². The highest BCUT2D eigenvalue weighted by atomic mass is 16.3. The number of aliphatic hydroxyl groups is 2. The van der Waals surface area contributed by atoms with Crippen molar-refractivity contribution in [3.8, 4) is 0 Å². The zero-order valence-electron chi connectivity index (χ0n) is 9.44. The molecule has 0 aliphatic heterocycles. The number of nitrogens with two attached hydrogens (primary N) is 1. The molecule has 0 spiro atoms. The first-order valence-electron chi connectivity index (χ1n) is 5.05. The second-order valence-corrected chi connectivity index (χ2v) is 3.80. The molecule has 5 nitrogen and oxygen atoms in total. The van der Waals surface area contributed by atoms with Crippen LogP contribution in [0, 0.1) is 13.8 Å². The van der Waals surface area contributed by atoms with Crippen LogP contribution in [0.1, 0.15) is 29.5 Å². The van der Waals surface area contributed by atoms with Gasteiger partial charge in [-0.3, -0.25) is 4.68 Å². The summed E-state index contributed by atoms with van der Waals surface area (Å²) in [6.07, 6.45) is -1.34. The summed E-state index contributed by atoms with van der Waals surface area (Å²) in [6, 6.07) is 0. The lowest BCUT2D eigenvalue weighted by Gasteiger charge is -2.17. The lowest BCUT2D eigenvalue weighted by molar-refractivity contribution is 0.0142. The molecule has 0 aromatic carbocycles. The molecular weight excluding hydrogens is 194 g/mol. The van der Waals surface area contributed by atoms with Crippen molar-refractivity contribution in [2.45, 2.75) is 32.5 Å². The van der Waals surface area contributed by atoms with Crippen LogP contribution < -0.4 is 5.73 Å². The molecule has 1 aromatic rings. The molecule has 0 radical (unpaired) electrons. The highest BCUT2D eigenvalue weighted by molar-refractivity contribution is 5.27. The Morgan fingerprint density at radius 3 is 2.40 bits per heavy atom. The van der Waals surface area contributed by atoms with E-state index in [2.05, 4.69) is 5.10 Å². The maximum Gasteiger partial charge on any atom is 0.108 e. The zero-order chi connectivity index (χ0) is 11.6. The summed E-state index contributed by atoms with van der Waals surface area (Å²) in [6.45, 7) is 4.05. The molecule has 0 amide bonds. The summed E-state index contributed by atoms with van der Waals surface area (Å²) in [4.78, 5) is 0. The Kier molecular flexibility index (Phi) is 3.84. The molecule has 15 heavy (non-hydrogen) atoms. The first-order chi connectivity index (χ1) is 6.99. The highest BCUT2D eigenvalue weighted by Gasteiger charge is 2.24. The fourth-order valence-electron chi connectivity index (χ4n) is 1.74. The minimum absolute atomic E-state index is 0.358. The van der Waals surface area contributed by atoms with E-state index in [9.17, 15) is 10.2 Å². The first kappa shape index (κ1) is 12.2. The van der Waals surface area contributed by atoms with Crippen LogP contribution in [0.25, 0.3) is 0 Å². The Hall–Kier alpha value is -0.910. The van der Waals surface area contributed by atoms with Crippen molar-refractivity contribution in [1.29, 1.82) is 0 Å². The molecule has 0 aliphatic rings. The molecule has 2 atom stereocenters. The van der Waals surface area contributed by atoms with Gasteiger partial charge in [0.05, 0.1) is 11.8 Å². The molecule has 1 aromatic heterocycles. The van der Waals surface area contributed by atoms with Crippen LogP contribution in [-0.4, -0.2) is 32.6 Å². The van der Waals surface area contributed by atoms with Gasteiger partial charge in [-0.05, 0) is 26.8 Å². The van der Waals surface area contributed by atoms with E-state index in [4.69, 9.17) is 5.73 Å². The third kappa shape index (κ3) is 2.37. The van der Waals surface area contributed by atoms with E-state index in [1.165, 1.54) is 0 Å². The summed E-state index contributed by atoms with van der Waals surface area (Å²) in [5.41, 5.74) is 7.66. The molecule has 5 heteroatoms. The minimum Gasteiger partial charge on any atom is -0.390 e. The van der Waals surface area contributed by atoms with Gasteiger partial charge in [0.1, 0.15) is 6.10 Å². The van der Waals surface area contributed by atoms with Crippen molar-refractivity contribution >= 4 is 0 Å². The van der Waals surface area contributed by atoms with Gasteiger partial charge >= 0.3 is 0 Å². The SMILES string of the molecule is Cc1nn(C)c(C)c1C(O)C(O)CCN. The van der Waals surface area contributed by atoms with Gasteiger partial charge in [0.15, 0.2) is 0 Å². The minimum atomic E-state index is -0.901. The fraction of sp³-hybridized carbons (Fsp3) is 0.700. The molecular formula is C10H19N3O2. The Balaban J connectivity index is 2.94. The largest absolute Gasteiger partial charge is 0.390 e. The van der Waals surface area contributed by atoms with Gasteiger partial charge in [0.2, 0.25) is 0 Å². The summed E-state index contributed by atoms with van der Waals surface area (Å²) in [5.74, 6) is 0. The van der Waals surface area contributed by atoms with Crippen molar-refractivity contribution < 1.29 is 10.2 Å². The Morgan fingerprint density at radius 1 is 1.40 bits per heavy atom. The first-order valence-corrected chi connectivity index (χ1v) is 5.05. The number of aromatic nitrogens is 2. The monoisotopic (exact) mass is 213 g/mol. The van der Waals surface area contributed by atoms with E-state index in [0.717, 1.165) is 11.4 Å². The number of aryl methyl sites for hydroxylation is 2. The predicted octanol–water partition coefficient (Wildman–Crippen LogP) is -0.220. The van der Waals surface area contributed by atoms with Crippen LogP contribution in [0.2, 0.25) is 0 Å². The second kappa shape index (κ2) is 4.74. The Bertz CT molecular complexity index is 336. The van der Waals surface area contributed by atoms with Gasteiger partial charge in [-0.25, -0.2) is 0 Å². The van der Waals surface area contributed by atoms with E-state index in [-0.39, 0.29) is 0 Å². The lowest BCUT2D eigenvalue weighted by atomic mass is 10.0. The molecule has 1 rings (SSSR count). The molecule has 0 saturated heterocycles. The Labute approximate surface area is 89.5 Å². The maximum absolute atomic E-state index is 9.94. The zero-order valence-corrected chi connectivity index (χ0v) is 9.44. The third-order valence-electron chi connectivity index (χ3n) is 2.69. The quantitative estimate of drug-likeness (QED) is 0.645. The van der Waals surface area contributed by atoms with Gasteiger partial charge in [-0.2, -0.15) is 5.10 Å². The second-order valence-electron chi connectivity index (χ2n) is 3.80. The van der Waals surface area contributed by atoms with Crippen LogP contribution in [-0.2, 0) is 7.05 Å². The summed E-state index contributed by atoms with van der Waals surface area (Å²) in [5, 5.41) is 23.8. The van der Waals surface area contributed by atoms with E-state index < -0.39 is 12.2 Å². The number of hydrogen-bond acceptors (Lipinski definition) is 4. The summed E-state index contributed by atoms with van der Waals surface area (Å²) < 4.78 is 1.70. The normalized spacial score (nSPS) is 15.3. The van der Waals surface area contributed by atoms with E-state index in [1.807, 2.05) is 20.9 Å². The average Bonchev–Trinajstić information content (AvgIpc) is 2.41. The summed E-state index contributed by atoms with van der Waals surface area (Å²) in [7, 11) is 1.81. The smallest absolute Gasteiger partial charge is 0.108 e. The van der Waals surface area contributed by atoms with E-state index >= 15 is 0 Å². The van der Waals surface area contributed by atoms with Gasteiger partial charge in [-0.1, -0.05) is 0 Å². The standard InChI is InChI=1S/C10H19N3O2/c1-6-9(7(2)13(3)12-6)10(15)8(14)4-5-11/h8,10,14-15H,4-5,11H2,1-3H3. The van der Waals surface area contributed by atoms with Gasteiger partial charge in [0, 0.05) is 18.3 Å². The molecule has 0 bridgehead atoms. The van der Waals surface area contributed by atoms with Crippen LogP contribution in [0.4, 0.5) is 0 Å². The third-order valence-corrected chi connectivity index (χ3v) is 2.69. The number of rotatable bonds is 4. The van der Waals surface area contributed by atoms with Crippen molar-refractivity contribution in [2.75, 3.05) is 6.54 Å². The van der Waals surface area contributed by atoms with Gasteiger partial charge in [0.25, 0.3) is 0 Å². The molecule has 86 valence electrons. The van der Waals surface area contributed by atoms with Crippen LogP contribution in [0.5, 0.6) is 0 Å². The molecule has 0 aliphatic carbocycles. The Morgan fingerprint density at radius 2 is 2.00 bits per heavy atom. The van der Waals surface area contributed by atoms with Gasteiger partial charge < -0.3 is 15.9 Å². The van der Waals surface area contributed by atoms with Crippen molar-refractivity contribution in [3.63, 3.8) is 0 Å². The number of nitrogens with zero attached hydrogens (tertiary/aromatic N) is 2. The fourth-order valence-corrected chi connectivity index (χ4v) is 1.74. The number of hydrogen-bond donors (Lipinski definition) is 3. The number of aliphatic hydroxyl groups excluding tert-OH is 2. The molecule has 4 N–H and O–H groups in total. The molecule has 1 heterocycles. The predicted molar refractivity (Wildman–Crippen MR) is 57.3 cm³/mol. The maximum atomic E-state index is 9.94. The molecule has 0 saturated carbocycles. The summed E-state index contributed by atoms with van der Waals surface area (Å²) >= 11 is 0. The van der Waals surface area contributed by atoms with Crippen molar-refractivity contribution in [3.05, 3.63) is 17.0 Å². The van der Waals surface area contributed by atoms with Crippen molar-refractivity contribution in [2.24, 2.45) is 12.8 Å². The van der Waals surface area contributed by atoms with Gasteiger partial charge in [-0.15, -0.1) is 0 Å². The van der Waals surface area contributed by atoms with Crippen LogP contribution in [0.3, 0.4) is 0 Å². The van der Waals surface area contributed by atoms with E-state index in [0.29, 0.717) is 18.5 Å². The van der Waals surface area contributed by atoms with Crippen LogP contribution >= 0.6 is 0 Å².